The standard InChI is InChI=1S/C24H24FN5O2/c1-29(24(25)8-4-9-24)15-18-12-17-7-6-16(11-19(17)27-18)14-26-23(32)20-13-22(31)30-10-3-2-5-21(30)28-20/h2-3,5-7,10-13,27H,4,8-9,14-15H2,1H3,(H,26,32). The number of fused-ring (bicyclic) bond motifs is 2. The number of aromatic nitrogens is 3. The number of benzene rings is 1. The Morgan fingerprint density at radius 1 is 1.25 bits per heavy atom. The summed E-state index contributed by atoms with van der Waals surface area (Å²) in [6, 6.07) is 14.3. The number of halogens is 1. The van der Waals surface area contributed by atoms with Gasteiger partial charge in [0.2, 0.25) is 0 Å². The molecule has 0 atom stereocenters. The highest BCUT2D eigenvalue weighted by molar-refractivity contribution is 5.92. The first-order chi connectivity index (χ1) is 15.4. The molecule has 1 fully saturated rings. The van der Waals surface area contributed by atoms with Crippen LogP contribution >= 0.6 is 0 Å². The predicted molar refractivity (Wildman–Crippen MR) is 120 cm³/mol. The number of pyridine rings is 1. The van der Waals surface area contributed by atoms with Crippen LogP contribution in [0.4, 0.5) is 4.39 Å². The largest absolute Gasteiger partial charge is 0.357 e. The summed E-state index contributed by atoms with van der Waals surface area (Å²) in [4.78, 5) is 34.2. The van der Waals surface area contributed by atoms with E-state index in [4.69, 9.17) is 0 Å². The summed E-state index contributed by atoms with van der Waals surface area (Å²) in [6.45, 7) is 0.812. The molecule has 2 N–H and O–H groups in total. The molecule has 0 saturated heterocycles. The molecular formula is C24H24FN5O2. The van der Waals surface area contributed by atoms with Crippen LogP contribution < -0.4 is 10.9 Å². The van der Waals surface area contributed by atoms with Crippen LogP contribution in [0.25, 0.3) is 16.6 Å². The molecule has 5 rings (SSSR count). The van der Waals surface area contributed by atoms with Crippen molar-refractivity contribution in [1.29, 1.82) is 0 Å². The van der Waals surface area contributed by atoms with E-state index in [-0.39, 0.29) is 11.3 Å². The second-order valence-corrected chi connectivity index (χ2v) is 8.43. The summed E-state index contributed by atoms with van der Waals surface area (Å²) in [5.74, 6) is -1.59. The maximum Gasteiger partial charge on any atom is 0.270 e. The molecule has 0 bridgehead atoms. The monoisotopic (exact) mass is 433 g/mol. The van der Waals surface area contributed by atoms with Crippen molar-refractivity contribution in [2.75, 3.05) is 7.05 Å². The molecule has 0 spiro atoms. The van der Waals surface area contributed by atoms with Crippen LogP contribution in [0.3, 0.4) is 0 Å². The summed E-state index contributed by atoms with van der Waals surface area (Å²) in [5, 5.41) is 3.86. The lowest BCUT2D eigenvalue weighted by atomic mass is 9.88. The van der Waals surface area contributed by atoms with Crippen molar-refractivity contribution in [2.24, 2.45) is 0 Å². The second-order valence-electron chi connectivity index (χ2n) is 8.43. The van der Waals surface area contributed by atoms with Gasteiger partial charge < -0.3 is 10.3 Å². The van der Waals surface area contributed by atoms with Crippen LogP contribution in [0.2, 0.25) is 0 Å². The summed E-state index contributed by atoms with van der Waals surface area (Å²) in [6.07, 6.45) is 3.73. The third-order valence-electron chi connectivity index (χ3n) is 6.21. The van der Waals surface area contributed by atoms with Crippen molar-refractivity contribution in [1.82, 2.24) is 24.6 Å². The van der Waals surface area contributed by atoms with Crippen LogP contribution in [0.15, 0.2) is 59.5 Å². The van der Waals surface area contributed by atoms with E-state index < -0.39 is 11.7 Å². The fourth-order valence-corrected chi connectivity index (χ4v) is 4.12. The van der Waals surface area contributed by atoms with Crippen molar-refractivity contribution in [3.05, 3.63) is 82.0 Å². The first-order valence-corrected chi connectivity index (χ1v) is 10.7. The molecule has 0 unspecified atom stereocenters. The highest BCUT2D eigenvalue weighted by atomic mass is 19.1. The molecule has 0 aliphatic heterocycles. The quantitative estimate of drug-likeness (QED) is 0.457. The predicted octanol–water partition coefficient (Wildman–Crippen LogP) is 3.39. The highest BCUT2D eigenvalue weighted by Gasteiger charge is 2.40. The number of alkyl halides is 1. The fraction of sp³-hybridized carbons (Fsp3) is 0.292. The number of rotatable bonds is 6. The van der Waals surface area contributed by atoms with Gasteiger partial charge in [-0.3, -0.25) is 18.9 Å². The molecule has 1 aliphatic carbocycles. The number of amides is 1. The van der Waals surface area contributed by atoms with E-state index in [1.54, 1.807) is 29.3 Å². The lowest BCUT2D eigenvalue weighted by Gasteiger charge is -2.41. The fourth-order valence-electron chi connectivity index (χ4n) is 4.12. The molecule has 32 heavy (non-hydrogen) atoms. The molecule has 1 amide bonds. The number of hydrogen-bond donors (Lipinski definition) is 2. The first kappa shape index (κ1) is 20.4. The van der Waals surface area contributed by atoms with Gasteiger partial charge in [0.05, 0.1) is 0 Å². The number of nitrogens with one attached hydrogen (secondary N) is 2. The van der Waals surface area contributed by atoms with Gasteiger partial charge in [-0.15, -0.1) is 0 Å². The van der Waals surface area contributed by atoms with E-state index in [0.29, 0.717) is 31.6 Å². The van der Waals surface area contributed by atoms with Gasteiger partial charge in [-0.1, -0.05) is 18.2 Å². The zero-order valence-corrected chi connectivity index (χ0v) is 17.8. The van der Waals surface area contributed by atoms with Crippen LogP contribution in [0.5, 0.6) is 0 Å². The van der Waals surface area contributed by atoms with E-state index in [2.05, 4.69) is 15.3 Å². The Balaban J connectivity index is 1.28. The molecule has 1 saturated carbocycles. The average Bonchev–Trinajstić information content (AvgIpc) is 3.17. The third kappa shape index (κ3) is 3.78. The van der Waals surface area contributed by atoms with Crippen molar-refractivity contribution in [3.63, 3.8) is 0 Å². The van der Waals surface area contributed by atoms with E-state index in [0.717, 1.165) is 28.6 Å². The van der Waals surface area contributed by atoms with Crippen LogP contribution in [0.1, 0.15) is 41.0 Å². The van der Waals surface area contributed by atoms with Gasteiger partial charge in [0.15, 0.2) is 5.79 Å². The number of hydrogen-bond acceptors (Lipinski definition) is 4. The second kappa shape index (κ2) is 7.87. The molecule has 164 valence electrons. The van der Waals surface area contributed by atoms with Gasteiger partial charge >= 0.3 is 0 Å². The number of aromatic amines is 1. The number of carbonyl (C=O) groups is 1. The minimum absolute atomic E-state index is 0.0867. The normalized spacial score (nSPS) is 15.2. The zero-order valence-electron chi connectivity index (χ0n) is 17.8. The third-order valence-corrected chi connectivity index (χ3v) is 6.21. The molecule has 8 heteroatoms. The molecule has 3 aromatic heterocycles. The minimum atomic E-state index is -1.19. The maximum absolute atomic E-state index is 14.6. The average molecular weight is 433 g/mol. The summed E-state index contributed by atoms with van der Waals surface area (Å²) in [7, 11) is 1.82. The molecule has 7 nitrogen and oxygen atoms in total. The molecule has 4 aromatic rings. The van der Waals surface area contributed by atoms with Crippen molar-refractivity contribution in [3.8, 4) is 0 Å². The van der Waals surface area contributed by atoms with E-state index in [9.17, 15) is 14.0 Å². The number of nitrogens with zero attached hydrogens (tertiary/aromatic N) is 3. The highest BCUT2D eigenvalue weighted by Crippen LogP contribution is 2.38. The summed E-state index contributed by atoms with van der Waals surface area (Å²) < 4.78 is 16.0. The van der Waals surface area contributed by atoms with Crippen LogP contribution in [-0.2, 0) is 13.1 Å². The van der Waals surface area contributed by atoms with Crippen LogP contribution in [-0.4, -0.2) is 38.0 Å². The Labute approximate surface area is 183 Å². The lowest BCUT2D eigenvalue weighted by Crippen LogP contribution is -2.47. The topological polar surface area (TPSA) is 82.5 Å². The van der Waals surface area contributed by atoms with Gasteiger partial charge in [0.1, 0.15) is 11.3 Å². The number of carbonyl (C=O) groups excluding carboxylic acids is 1. The van der Waals surface area contributed by atoms with Crippen LogP contribution in [0, 0.1) is 0 Å². The van der Waals surface area contributed by atoms with Gasteiger partial charge in [0, 0.05) is 36.6 Å². The van der Waals surface area contributed by atoms with Gasteiger partial charge in [-0.2, -0.15) is 0 Å². The van der Waals surface area contributed by atoms with E-state index in [1.807, 2.05) is 31.3 Å². The molecule has 3 heterocycles. The van der Waals surface area contributed by atoms with Crippen molar-refractivity contribution in [2.45, 2.75) is 38.1 Å². The minimum Gasteiger partial charge on any atom is -0.357 e. The molecule has 1 aromatic carbocycles. The SMILES string of the molecule is CN(Cc1cc2ccc(CNC(=O)c3cc(=O)n4ccccc4n3)cc2[nH]1)C1(F)CCC1. The Kier molecular flexibility index (Phi) is 5.01. The van der Waals surface area contributed by atoms with Gasteiger partial charge in [-0.25, -0.2) is 9.37 Å². The van der Waals surface area contributed by atoms with Gasteiger partial charge in [-0.05, 0) is 61.5 Å². The summed E-state index contributed by atoms with van der Waals surface area (Å²) in [5.41, 5.74) is 3.00. The Bertz CT molecular complexity index is 1370. The molecule has 1 aliphatic rings. The van der Waals surface area contributed by atoms with Crippen molar-refractivity contribution >= 4 is 22.5 Å². The first-order valence-electron chi connectivity index (χ1n) is 10.7. The molecule has 0 radical (unpaired) electrons. The maximum atomic E-state index is 14.6. The van der Waals surface area contributed by atoms with E-state index >= 15 is 0 Å². The van der Waals surface area contributed by atoms with Crippen molar-refractivity contribution < 1.29 is 9.18 Å². The Morgan fingerprint density at radius 2 is 2.09 bits per heavy atom. The smallest absolute Gasteiger partial charge is 0.270 e. The Hall–Kier alpha value is -3.52. The zero-order chi connectivity index (χ0) is 22.3. The number of H-pyrrole nitrogens is 1. The lowest BCUT2D eigenvalue weighted by molar-refractivity contribution is -0.0868. The summed E-state index contributed by atoms with van der Waals surface area (Å²) >= 11 is 0. The Morgan fingerprint density at radius 3 is 2.88 bits per heavy atom. The van der Waals surface area contributed by atoms with E-state index in [1.165, 1.54) is 10.5 Å². The molecular weight excluding hydrogens is 409 g/mol. The van der Waals surface area contributed by atoms with Gasteiger partial charge in [0.25, 0.3) is 11.5 Å².